The Bertz CT molecular complexity index is 518. The van der Waals surface area contributed by atoms with Crippen molar-refractivity contribution in [2.45, 2.75) is 110 Å². The summed E-state index contributed by atoms with van der Waals surface area (Å²) in [6, 6.07) is 0. The van der Waals surface area contributed by atoms with Crippen LogP contribution in [-0.2, 0) is 0 Å². The van der Waals surface area contributed by atoms with Crippen LogP contribution >= 0.6 is 0 Å². The molecule has 3 nitrogen and oxygen atoms in total. The average Bonchev–Trinajstić information content (AvgIpc) is 2.55. The third-order valence-corrected chi connectivity index (χ3v) is 60.3. The predicted molar refractivity (Wildman–Crippen MR) is 125 cm³/mol. The van der Waals surface area contributed by atoms with E-state index in [1.54, 1.807) is 0 Å². The summed E-state index contributed by atoms with van der Waals surface area (Å²) in [6.45, 7) is 32.6. The van der Waals surface area contributed by atoms with Gasteiger partial charge in [0, 0.05) is 0 Å². The summed E-state index contributed by atoms with van der Waals surface area (Å²) in [5, 5.41) is 11.0. The molecule has 0 aliphatic carbocycles. The van der Waals surface area contributed by atoms with Gasteiger partial charge in [0.25, 0.3) is 0 Å². The molecule has 0 amide bonds. The predicted octanol–water partition coefficient (Wildman–Crippen LogP) is 7.08. The van der Waals surface area contributed by atoms with Crippen LogP contribution in [0.2, 0.25) is 65.8 Å². The quantitative estimate of drug-likeness (QED) is 0.376. The fourth-order valence-corrected chi connectivity index (χ4v) is 77.6. The Morgan fingerprint density at radius 3 is 1.24 bits per heavy atom. The van der Waals surface area contributed by atoms with E-state index in [0.29, 0.717) is 0 Å². The Kier molecular flexibility index (Phi) is 5.90. The van der Waals surface area contributed by atoms with Gasteiger partial charge in [-0.25, -0.2) is 0 Å². The standard InChI is InChI=1S/C16H39N3Si3.2CH3.Sn/c1-15(2,3)22(13,16(4,5)6)19-18-17-14(20(7,8)9)21(10,11)12;;;/h1-13H3;2*1H3;/q-1;;;+1. The second-order valence-corrected chi connectivity index (χ2v) is 45.7. The van der Waals surface area contributed by atoms with Gasteiger partial charge >= 0.3 is 166 Å². The minimum absolute atomic E-state index is 0.236. The fraction of sp³-hybridized carbons (Fsp3) is 1.00. The Labute approximate surface area is 165 Å². The van der Waals surface area contributed by atoms with Gasteiger partial charge in [0.15, 0.2) is 0 Å². The number of nitrogens with zero attached hydrogens (tertiary/aromatic N) is 3. The first-order chi connectivity index (χ1) is 10.6. The van der Waals surface area contributed by atoms with Crippen LogP contribution in [0.3, 0.4) is 0 Å². The summed E-state index contributed by atoms with van der Waals surface area (Å²) in [6.07, 6.45) is 0. The van der Waals surface area contributed by atoms with Crippen LogP contribution in [0.1, 0.15) is 41.5 Å². The van der Waals surface area contributed by atoms with Crippen molar-refractivity contribution in [2.75, 3.05) is 0 Å². The van der Waals surface area contributed by atoms with Crippen molar-refractivity contribution in [3.63, 3.8) is 0 Å². The van der Waals surface area contributed by atoms with Crippen LogP contribution in [0.25, 0.3) is 0 Å². The summed E-state index contributed by atoms with van der Waals surface area (Å²) < 4.78 is 3.01. The van der Waals surface area contributed by atoms with Crippen LogP contribution < -0.4 is 0 Å². The first-order valence-corrected chi connectivity index (χ1v) is 27.7. The van der Waals surface area contributed by atoms with Crippen LogP contribution in [0, 0.1) is 0 Å². The van der Waals surface area contributed by atoms with Crippen molar-refractivity contribution in [3.8, 4) is 0 Å². The molecule has 0 bridgehead atoms. The van der Waals surface area contributed by atoms with Crippen molar-refractivity contribution in [1.82, 2.24) is 2.90 Å². The molecular formula is C18H45N3Si3Sn. The van der Waals surface area contributed by atoms with Gasteiger partial charge in [0.2, 0.25) is 0 Å². The minimum atomic E-state index is -2.85. The van der Waals surface area contributed by atoms with E-state index in [1.165, 1.54) is 0 Å². The maximum absolute atomic E-state index is 5.34. The third kappa shape index (κ3) is 3.18. The summed E-state index contributed by atoms with van der Waals surface area (Å²) in [5.41, 5.74) is 0. The van der Waals surface area contributed by atoms with Crippen molar-refractivity contribution in [2.24, 2.45) is 10.3 Å². The molecule has 1 aliphatic rings. The number of hydrogen-bond donors (Lipinski definition) is 0. The molecule has 0 fully saturated rings. The molecule has 0 unspecified atom stereocenters. The zero-order chi connectivity index (χ0) is 20.5. The van der Waals surface area contributed by atoms with Gasteiger partial charge in [-0.3, -0.25) is 0 Å². The first kappa shape index (κ1) is 23.9. The Balaban J connectivity index is 3.78. The molecule has 0 atom stereocenters. The van der Waals surface area contributed by atoms with E-state index in [0.717, 1.165) is 0 Å². The number of rotatable bonds is 3. The molecule has 0 aromatic heterocycles. The maximum atomic E-state index is 5.34. The van der Waals surface area contributed by atoms with E-state index >= 15 is 0 Å². The SMILES string of the molecule is CC(C)(C)[Si](C)([N]1N=N[C]([Si](C)(C)C)([Si](C)(C)C)[Sn]1([CH3])[CH3])C(C)(C)C. The molecule has 0 saturated carbocycles. The molecule has 0 spiro atoms. The number of hydrogen-bond acceptors (Lipinski definition) is 3. The van der Waals surface area contributed by atoms with E-state index < -0.39 is 43.0 Å². The fourth-order valence-electron chi connectivity index (χ4n) is 6.17. The summed E-state index contributed by atoms with van der Waals surface area (Å²) in [7, 11) is -4.91. The topological polar surface area (TPSA) is 28.0 Å². The summed E-state index contributed by atoms with van der Waals surface area (Å²) >= 11 is -2.85. The molecule has 0 radical (unpaired) electrons. The van der Waals surface area contributed by atoms with E-state index in [9.17, 15) is 0 Å². The van der Waals surface area contributed by atoms with Gasteiger partial charge < -0.3 is 0 Å². The first-order valence-electron chi connectivity index (χ1n) is 9.82. The molecule has 0 aromatic rings. The van der Waals surface area contributed by atoms with Gasteiger partial charge in [0.1, 0.15) is 0 Å². The van der Waals surface area contributed by atoms with Crippen molar-refractivity contribution < 1.29 is 0 Å². The van der Waals surface area contributed by atoms with Crippen molar-refractivity contribution in [1.29, 1.82) is 0 Å². The molecule has 25 heavy (non-hydrogen) atoms. The van der Waals surface area contributed by atoms with E-state index in [-0.39, 0.29) is 12.9 Å². The summed E-state index contributed by atoms with van der Waals surface area (Å²) in [5.74, 6) is 0. The molecule has 148 valence electrons. The van der Waals surface area contributed by atoms with Gasteiger partial charge in [-0.15, -0.1) is 0 Å². The average molecular weight is 507 g/mol. The zero-order valence-corrected chi connectivity index (χ0v) is 25.7. The van der Waals surface area contributed by atoms with Crippen molar-refractivity contribution in [3.05, 3.63) is 0 Å². The van der Waals surface area contributed by atoms with E-state index in [2.05, 4.69) is 100 Å². The second kappa shape index (κ2) is 6.17. The monoisotopic (exact) mass is 507 g/mol. The van der Waals surface area contributed by atoms with Gasteiger partial charge in [-0.05, 0) is 0 Å². The van der Waals surface area contributed by atoms with Crippen LogP contribution in [0.5, 0.6) is 0 Å². The summed E-state index contributed by atoms with van der Waals surface area (Å²) in [4.78, 5) is 5.32. The molecular weight excluding hydrogens is 461 g/mol. The molecule has 1 heterocycles. The second-order valence-electron chi connectivity index (χ2n) is 12.8. The van der Waals surface area contributed by atoms with Crippen LogP contribution in [0.15, 0.2) is 10.3 Å². The van der Waals surface area contributed by atoms with Crippen LogP contribution in [0.4, 0.5) is 0 Å². The van der Waals surface area contributed by atoms with Gasteiger partial charge in [-0.1, -0.05) is 0 Å². The molecule has 0 aromatic carbocycles. The Hall–Kier alpha value is 0.849. The molecule has 0 saturated heterocycles. The Morgan fingerprint density at radius 2 is 1.04 bits per heavy atom. The Morgan fingerprint density at radius 1 is 0.720 bits per heavy atom. The molecule has 0 N–H and O–H groups in total. The third-order valence-electron chi connectivity index (χ3n) is 7.21. The van der Waals surface area contributed by atoms with Gasteiger partial charge in [-0.2, -0.15) is 0 Å². The van der Waals surface area contributed by atoms with Crippen LogP contribution in [-0.4, -0.2) is 48.7 Å². The van der Waals surface area contributed by atoms with E-state index in [1.807, 2.05) is 0 Å². The molecule has 1 aliphatic heterocycles. The molecule has 7 heteroatoms. The zero-order valence-electron chi connectivity index (χ0n) is 19.8. The van der Waals surface area contributed by atoms with Crippen molar-refractivity contribution >= 4 is 43.0 Å². The molecule has 1 rings (SSSR count). The van der Waals surface area contributed by atoms with Gasteiger partial charge in [0.05, 0.1) is 0 Å². The normalized spacial score (nSPS) is 21.8. The van der Waals surface area contributed by atoms with E-state index in [4.69, 9.17) is 10.3 Å².